The molecule has 0 radical (unpaired) electrons. The van der Waals surface area contributed by atoms with E-state index in [9.17, 15) is 0 Å². The molecule has 0 unspecified atom stereocenters. The molecule has 0 aliphatic carbocycles. The predicted octanol–water partition coefficient (Wildman–Crippen LogP) is 3.82. The number of hydrogen-bond donors (Lipinski definition) is 0. The van der Waals surface area contributed by atoms with Crippen LogP contribution >= 0.6 is 22.6 Å². The van der Waals surface area contributed by atoms with E-state index in [4.69, 9.17) is 9.47 Å². The second kappa shape index (κ2) is 7.38. The number of benzene rings is 2. The zero-order valence-corrected chi connectivity index (χ0v) is 13.8. The van der Waals surface area contributed by atoms with Gasteiger partial charge in [-0.05, 0) is 71.1 Å². The fourth-order valence-electron chi connectivity index (χ4n) is 1.69. The largest absolute Gasteiger partial charge is 0.490 e. The Morgan fingerprint density at radius 1 is 0.800 bits per heavy atom. The standard InChI is InChI=1S/C16H18INO2/c1-18(2)14-5-9-16(10-6-14)20-12-11-19-15-7-3-13(17)4-8-15/h3-10H,11-12H2,1-2H3. The third-order valence-corrected chi connectivity index (χ3v) is 3.51. The van der Waals surface area contributed by atoms with Crippen molar-refractivity contribution in [2.45, 2.75) is 0 Å². The lowest BCUT2D eigenvalue weighted by molar-refractivity contribution is 0.217. The van der Waals surface area contributed by atoms with E-state index in [1.165, 1.54) is 3.57 Å². The Bertz CT molecular complexity index is 523. The van der Waals surface area contributed by atoms with Crippen LogP contribution in [0.5, 0.6) is 11.5 Å². The number of hydrogen-bond acceptors (Lipinski definition) is 3. The van der Waals surface area contributed by atoms with Gasteiger partial charge in [0.15, 0.2) is 0 Å². The Morgan fingerprint density at radius 2 is 1.25 bits per heavy atom. The molecule has 0 aliphatic rings. The molecule has 0 N–H and O–H groups in total. The normalized spacial score (nSPS) is 10.2. The van der Waals surface area contributed by atoms with E-state index in [0.29, 0.717) is 13.2 Å². The number of nitrogens with zero attached hydrogens (tertiary/aromatic N) is 1. The van der Waals surface area contributed by atoms with E-state index in [2.05, 4.69) is 27.5 Å². The molecule has 0 fully saturated rings. The summed E-state index contributed by atoms with van der Waals surface area (Å²) in [6.45, 7) is 1.07. The molecule has 2 aromatic rings. The van der Waals surface area contributed by atoms with E-state index < -0.39 is 0 Å². The number of ether oxygens (including phenoxy) is 2. The average Bonchev–Trinajstić information content (AvgIpc) is 2.46. The molecule has 0 atom stereocenters. The second-order valence-electron chi connectivity index (χ2n) is 4.54. The fourth-order valence-corrected chi connectivity index (χ4v) is 2.05. The van der Waals surface area contributed by atoms with Gasteiger partial charge < -0.3 is 14.4 Å². The first-order valence-corrected chi connectivity index (χ1v) is 7.51. The molecule has 2 rings (SSSR count). The van der Waals surface area contributed by atoms with Crippen molar-refractivity contribution in [1.29, 1.82) is 0 Å². The van der Waals surface area contributed by atoms with Crippen LogP contribution in [0.25, 0.3) is 0 Å². The van der Waals surface area contributed by atoms with Crippen LogP contribution in [0.3, 0.4) is 0 Å². The monoisotopic (exact) mass is 383 g/mol. The van der Waals surface area contributed by atoms with Crippen LogP contribution in [0, 0.1) is 3.57 Å². The fraction of sp³-hybridized carbons (Fsp3) is 0.250. The maximum Gasteiger partial charge on any atom is 0.122 e. The lowest BCUT2D eigenvalue weighted by atomic mass is 10.3. The van der Waals surface area contributed by atoms with Gasteiger partial charge in [-0.2, -0.15) is 0 Å². The van der Waals surface area contributed by atoms with Gasteiger partial charge in [-0.15, -0.1) is 0 Å². The lowest BCUT2D eigenvalue weighted by Crippen LogP contribution is -2.10. The lowest BCUT2D eigenvalue weighted by Gasteiger charge is -2.13. The minimum absolute atomic E-state index is 0.535. The summed E-state index contributed by atoms with van der Waals surface area (Å²) >= 11 is 2.27. The Hall–Kier alpha value is -1.43. The zero-order valence-electron chi connectivity index (χ0n) is 11.7. The topological polar surface area (TPSA) is 21.7 Å². The van der Waals surface area contributed by atoms with E-state index >= 15 is 0 Å². The van der Waals surface area contributed by atoms with E-state index in [1.54, 1.807) is 0 Å². The minimum Gasteiger partial charge on any atom is -0.490 e. The minimum atomic E-state index is 0.535. The summed E-state index contributed by atoms with van der Waals surface area (Å²) < 4.78 is 12.5. The summed E-state index contributed by atoms with van der Waals surface area (Å²) in [5.74, 6) is 1.73. The highest BCUT2D eigenvalue weighted by atomic mass is 127. The summed E-state index contributed by atoms with van der Waals surface area (Å²) in [7, 11) is 4.04. The molecule has 0 spiro atoms. The van der Waals surface area contributed by atoms with Gasteiger partial charge >= 0.3 is 0 Å². The summed E-state index contributed by atoms with van der Waals surface area (Å²) in [4.78, 5) is 2.06. The molecular formula is C16H18INO2. The molecule has 0 heterocycles. The molecule has 4 heteroatoms. The molecule has 106 valence electrons. The second-order valence-corrected chi connectivity index (χ2v) is 5.78. The quantitative estimate of drug-likeness (QED) is 0.559. The van der Waals surface area contributed by atoms with Crippen molar-refractivity contribution in [3.63, 3.8) is 0 Å². The van der Waals surface area contributed by atoms with Crippen molar-refractivity contribution in [3.05, 3.63) is 52.1 Å². The molecule has 20 heavy (non-hydrogen) atoms. The van der Waals surface area contributed by atoms with Crippen LogP contribution in [-0.4, -0.2) is 27.3 Å². The molecular weight excluding hydrogens is 365 g/mol. The van der Waals surface area contributed by atoms with Gasteiger partial charge in [0.05, 0.1) is 0 Å². The molecule has 0 aliphatic heterocycles. The first-order chi connectivity index (χ1) is 9.65. The van der Waals surface area contributed by atoms with Gasteiger partial charge in [-0.25, -0.2) is 0 Å². The van der Waals surface area contributed by atoms with Crippen LogP contribution in [0.15, 0.2) is 48.5 Å². The highest BCUT2D eigenvalue weighted by Crippen LogP contribution is 2.17. The maximum absolute atomic E-state index is 5.64. The molecule has 3 nitrogen and oxygen atoms in total. The first-order valence-electron chi connectivity index (χ1n) is 6.44. The van der Waals surface area contributed by atoms with Gasteiger partial charge in [0, 0.05) is 23.4 Å². The van der Waals surface area contributed by atoms with Crippen LogP contribution in [0.2, 0.25) is 0 Å². The van der Waals surface area contributed by atoms with Gasteiger partial charge in [0.1, 0.15) is 24.7 Å². The molecule has 0 aromatic heterocycles. The smallest absolute Gasteiger partial charge is 0.122 e. The summed E-state index contributed by atoms with van der Waals surface area (Å²) in [6.07, 6.45) is 0. The highest BCUT2D eigenvalue weighted by Gasteiger charge is 1.98. The van der Waals surface area contributed by atoms with Crippen LogP contribution in [0.1, 0.15) is 0 Å². The SMILES string of the molecule is CN(C)c1ccc(OCCOc2ccc(I)cc2)cc1. The maximum atomic E-state index is 5.64. The Balaban J connectivity index is 1.74. The Labute approximate surface area is 133 Å². The van der Waals surface area contributed by atoms with E-state index in [-0.39, 0.29) is 0 Å². The van der Waals surface area contributed by atoms with Gasteiger partial charge in [0.25, 0.3) is 0 Å². The van der Waals surface area contributed by atoms with Crippen LogP contribution in [0.4, 0.5) is 5.69 Å². The molecule has 0 bridgehead atoms. The molecule has 0 amide bonds. The zero-order chi connectivity index (χ0) is 14.4. The number of halogens is 1. The third kappa shape index (κ3) is 4.59. The van der Waals surface area contributed by atoms with Gasteiger partial charge in [-0.1, -0.05) is 0 Å². The van der Waals surface area contributed by atoms with E-state index in [0.717, 1.165) is 17.2 Å². The van der Waals surface area contributed by atoms with Crippen molar-refractivity contribution >= 4 is 28.3 Å². The van der Waals surface area contributed by atoms with Crippen molar-refractivity contribution in [3.8, 4) is 11.5 Å². The van der Waals surface area contributed by atoms with Crippen molar-refractivity contribution in [2.75, 3.05) is 32.2 Å². The van der Waals surface area contributed by atoms with Crippen molar-refractivity contribution in [1.82, 2.24) is 0 Å². The van der Waals surface area contributed by atoms with Gasteiger partial charge in [-0.3, -0.25) is 0 Å². The number of anilines is 1. The highest BCUT2D eigenvalue weighted by molar-refractivity contribution is 14.1. The van der Waals surface area contributed by atoms with Crippen molar-refractivity contribution < 1.29 is 9.47 Å². The van der Waals surface area contributed by atoms with E-state index in [1.807, 2.05) is 62.6 Å². The molecule has 0 saturated heterocycles. The van der Waals surface area contributed by atoms with Gasteiger partial charge in [0.2, 0.25) is 0 Å². The molecule has 0 saturated carbocycles. The van der Waals surface area contributed by atoms with Crippen LogP contribution < -0.4 is 14.4 Å². The molecule has 2 aromatic carbocycles. The third-order valence-electron chi connectivity index (χ3n) is 2.79. The predicted molar refractivity (Wildman–Crippen MR) is 90.9 cm³/mol. The Morgan fingerprint density at radius 3 is 1.70 bits per heavy atom. The average molecular weight is 383 g/mol. The van der Waals surface area contributed by atoms with Crippen molar-refractivity contribution in [2.24, 2.45) is 0 Å². The summed E-state index contributed by atoms with van der Waals surface area (Å²) in [5, 5.41) is 0. The summed E-state index contributed by atoms with van der Waals surface area (Å²) in [6, 6.07) is 16.0. The number of rotatable bonds is 6. The summed E-state index contributed by atoms with van der Waals surface area (Å²) in [5.41, 5.74) is 1.16. The van der Waals surface area contributed by atoms with Crippen LogP contribution in [-0.2, 0) is 0 Å². The first kappa shape index (κ1) is 15.0. The Kier molecular flexibility index (Phi) is 5.52.